The first-order valence-corrected chi connectivity index (χ1v) is 11.5. The number of primary amides is 1. The lowest BCUT2D eigenvalue weighted by atomic mass is 9.78. The number of hydrogen-bond acceptors (Lipinski definition) is 2. The maximum absolute atomic E-state index is 15.6. The number of carbonyl (C=O) groups excluding carboxylic acids is 1. The zero-order valence-electron chi connectivity index (χ0n) is 19.5. The highest BCUT2D eigenvalue weighted by molar-refractivity contribution is 6.34. The molecule has 1 amide bonds. The molecule has 0 saturated heterocycles. The number of alkyl halides is 2. The summed E-state index contributed by atoms with van der Waals surface area (Å²) in [5.74, 6) is -3.80. The zero-order valence-corrected chi connectivity index (χ0v) is 20.3. The van der Waals surface area contributed by atoms with Crippen LogP contribution in [0.5, 0.6) is 5.75 Å². The third-order valence-electron chi connectivity index (χ3n) is 6.37. The molecule has 35 heavy (non-hydrogen) atoms. The number of nitrogens with two attached hydrogens (primary N) is 1. The topological polar surface area (TPSA) is 52.3 Å². The molecule has 3 rings (SSSR count). The van der Waals surface area contributed by atoms with E-state index in [0.29, 0.717) is 17.5 Å². The number of halogens is 5. The lowest BCUT2D eigenvalue weighted by Gasteiger charge is -2.27. The minimum Gasteiger partial charge on any atom is -0.432 e. The molecule has 0 aliphatic rings. The van der Waals surface area contributed by atoms with E-state index >= 15 is 4.39 Å². The normalized spacial score (nSPS) is 13.1. The van der Waals surface area contributed by atoms with Crippen LogP contribution in [0.15, 0.2) is 48.5 Å². The fourth-order valence-electron chi connectivity index (χ4n) is 4.36. The molecule has 0 radical (unpaired) electrons. The van der Waals surface area contributed by atoms with Gasteiger partial charge >= 0.3 is 6.61 Å². The Morgan fingerprint density at radius 1 is 1.09 bits per heavy atom. The highest BCUT2D eigenvalue weighted by Crippen LogP contribution is 2.44. The van der Waals surface area contributed by atoms with E-state index in [1.807, 2.05) is 37.3 Å². The van der Waals surface area contributed by atoms with Crippen LogP contribution in [-0.4, -0.2) is 12.5 Å². The second-order valence-corrected chi connectivity index (χ2v) is 8.87. The fraction of sp³-hybridized carbons (Fsp3) is 0.296. The van der Waals surface area contributed by atoms with Crippen LogP contribution >= 0.6 is 11.6 Å². The molecule has 8 heteroatoms. The van der Waals surface area contributed by atoms with E-state index < -0.39 is 40.5 Å². The molecule has 2 atom stereocenters. The summed E-state index contributed by atoms with van der Waals surface area (Å²) in [4.78, 5) is 12.2. The van der Waals surface area contributed by atoms with E-state index in [1.54, 1.807) is 6.92 Å². The third-order valence-corrected chi connectivity index (χ3v) is 6.74. The quantitative estimate of drug-likeness (QED) is 0.302. The SMILES string of the molecule is CCC(C)C(Cc1c(C)cc(F)c(Cl)c1-c1c(C(N)=O)ccc(OC(F)F)c1F)c1ccccc1. The number of ether oxygens (including phenoxy) is 1. The Balaban J connectivity index is 2.33. The number of amides is 1. The largest absolute Gasteiger partial charge is 0.432 e. The molecule has 186 valence electrons. The van der Waals surface area contributed by atoms with Crippen molar-refractivity contribution >= 4 is 17.5 Å². The van der Waals surface area contributed by atoms with Gasteiger partial charge in [0.15, 0.2) is 11.6 Å². The molecule has 0 heterocycles. The Morgan fingerprint density at radius 2 is 1.74 bits per heavy atom. The highest BCUT2D eigenvalue weighted by Gasteiger charge is 2.29. The average molecular weight is 508 g/mol. The monoisotopic (exact) mass is 507 g/mol. The van der Waals surface area contributed by atoms with Crippen molar-refractivity contribution in [1.82, 2.24) is 0 Å². The maximum Gasteiger partial charge on any atom is 0.387 e. The summed E-state index contributed by atoms with van der Waals surface area (Å²) >= 11 is 6.37. The van der Waals surface area contributed by atoms with E-state index in [2.05, 4.69) is 11.7 Å². The molecule has 3 aromatic carbocycles. The summed E-state index contributed by atoms with van der Waals surface area (Å²) in [6.07, 6.45) is 1.17. The van der Waals surface area contributed by atoms with Crippen molar-refractivity contribution in [1.29, 1.82) is 0 Å². The maximum atomic E-state index is 15.6. The number of aryl methyl sites for hydroxylation is 1. The van der Waals surface area contributed by atoms with Crippen molar-refractivity contribution < 1.29 is 27.1 Å². The Hall–Kier alpha value is -3.06. The van der Waals surface area contributed by atoms with E-state index in [9.17, 15) is 18.0 Å². The van der Waals surface area contributed by atoms with Crippen molar-refractivity contribution in [3.63, 3.8) is 0 Å². The number of rotatable bonds is 9. The van der Waals surface area contributed by atoms with Gasteiger partial charge in [0.05, 0.1) is 10.6 Å². The van der Waals surface area contributed by atoms with Crippen molar-refractivity contribution in [2.75, 3.05) is 0 Å². The molecular formula is C27H26ClF4NO2. The molecule has 0 saturated carbocycles. The molecule has 0 aromatic heterocycles. The molecule has 0 spiro atoms. The predicted octanol–water partition coefficient (Wildman–Crippen LogP) is 7.67. The summed E-state index contributed by atoms with van der Waals surface area (Å²) in [5, 5.41) is -0.433. The first kappa shape index (κ1) is 26.5. The van der Waals surface area contributed by atoms with Gasteiger partial charge in [-0.05, 0) is 60.1 Å². The summed E-state index contributed by atoms with van der Waals surface area (Å²) in [7, 11) is 0. The third kappa shape index (κ3) is 5.61. The lowest BCUT2D eigenvalue weighted by Crippen LogP contribution is -2.17. The van der Waals surface area contributed by atoms with Gasteiger partial charge in [0.1, 0.15) is 5.82 Å². The number of benzene rings is 3. The van der Waals surface area contributed by atoms with Crippen molar-refractivity contribution in [3.05, 3.63) is 87.4 Å². The summed E-state index contributed by atoms with van der Waals surface area (Å²) < 4.78 is 60.5. The standard InChI is InChI=1S/C27H26ClF4NO2/c1-4-14(2)18(16-8-6-5-7-9-16)13-19-15(3)12-20(29)24(28)22(19)23-17(26(33)34)10-11-21(25(23)30)35-27(31)32/h5-12,14,18,27H,4,13H2,1-3H3,(H2,33,34). The molecular weight excluding hydrogens is 482 g/mol. The minimum absolute atomic E-state index is 0.0548. The Morgan fingerprint density at radius 3 is 2.31 bits per heavy atom. The molecule has 3 nitrogen and oxygen atoms in total. The van der Waals surface area contributed by atoms with E-state index in [-0.39, 0.29) is 23.0 Å². The van der Waals surface area contributed by atoms with Gasteiger partial charge in [-0.1, -0.05) is 62.2 Å². The second kappa shape index (κ2) is 11.1. The van der Waals surface area contributed by atoms with Crippen molar-refractivity contribution in [2.24, 2.45) is 11.7 Å². The van der Waals surface area contributed by atoms with Gasteiger partial charge in [-0.2, -0.15) is 8.78 Å². The Kier molecular flexibility index (Phi) is 8.43. The smallest absolute Gasteiger partial charge is 0.387 e. The van der Waals surface area contributed by atoms with Crippen LogP contribution < -0.4 is 10.5 Å². The number of hydrogen-bond donors (Lipinski definition) is 1. The molecule has 0 aliphatic carbocycles. The highest BCUT2D eigenvalue weighted by atomic mass is 35.5. The minimum atomic E-state index is -3.31. The van der Waals surface area contributed by atoms with Crippen LogP contribution in [0.1, 0.15) is 53.2 Å². The van der Waals surface area contributed by atoms with E-state index in [4.69, 9.17) is 17.3 Å². The summed E-state index contributed by atoms with van der Waals surface area (Å²) in [6.45, 7) is 2.46. The zero-order chi connectivity index (χ0) is 25.9. The van der Waals surface area contributed by atoms with Crippen LogP contribution in [0.25, 0.3) is 11.1 Å². The molecule has 3 aromatic rings. The van der Waals surface area contributed by atoms with Gasteiger partial charge in [-0.3, -0.25) is 4.79 Å². The first-order valence-electron chi connectivity index (χ1n) is 11.2. The molecule has 0 fully saturated rings. The summed E-state index contributed by atoms with van der Waals surface area (Å²) in [5.41, 5.74) is 6.58. The van der Waals surface area contributed by atoms with Crippen LogP contribution in [0.4, 0.5) is 17.6 Å². The molecule has 0 bridgehead atoms. The molecule has 2 N–H and O–H groups in total. The Bertz CT molecular complexity index is 1220. The van der Waals surface area contributed by atoms with Gasteiger partial charge in [-0.15, -0.1) is 0 Å². The number of carbonyl (C=O) groups is 1. The van der Waals surface area contributed by atoms with Crippen LogP contribution in [0.2, 0.25) is 5.02 Å². The molecule has 0 aliphatic heterocycles. The van der Waals surface area contributed by atoms with Gasteiger partial charge < -0.3 is 10.5 Å². The van der Waals surface area contributed by atoms with Gasteiger partial charge in [0, 0.05) is 11.1 Å². The van der Waals surface area contributed by atoms with Crippen molar-refractivity contribution in [3.8, 4) is 16.9 Å². The average Bonchev–Trinajstić information content (AvgIpc) is 2.81. The summed E-state index contributed by atoms with van der Waals surface area (Å²) in [6, 6.07) is 12.9. The molecule has 2 unspecified atom stereocenters. The van der Waals surface area contributed by atoms with E-state index in [1.165, 1.54) is 6.07 Å². The van der Waals surface area contributed by atoms with Gasteiger partial charge in [0.2, 0.25) is 5.91 Å². The first-order chi connectivity index (χ1) is 16.6. The van der Waals surface area contributed by atoms with Crippen molar-refractivity contribution in [2.45, 2.75) is 46.1 Å². The van der Waals surface area contributed by atoms with Crippen LogP contribution in [0.3, 0.4) is 0 Å². The van der Waals surface area contributed by atoms with Crippen LogP contribution in [0, 0.1) is 24.5 Å². The van der Waals surface area contributed by atoms with Gasteiger partial charge in [0.25, 0.3) is 0 Å². The predicted molar refractivity (Wildman–Crippen MR) is 129 cm³/mol. The van der Waals surface area contributed by atoms with Gasteiger partial charge in [-0.25, -0.2) is 8.78 Å². The second-order valence-electron chi connectivity index (χ2n) is 8.49. The van der Waals surface area contributed by atoms with Crippen LogP contribution in [-0.2, 0) is 6.42 Å². The van der Waals surface area contributed by atoms with E-state index in [0.717, 1.165) is 24.1 Å². The fourth-order valence-corrected chi connectivity index (χ4v) is 4.62. The Labute approximate surface area is 206 Å². The lowest BCUT2D eigenvalue weighted by molar-refractivity contribution is -0.0521.